The van der Waals surface area contributed by atoms with Crippen LogP contribution in [0.25, 0.3) is 0 Å². The van der Waals surface area contributed by atoms with E-state index in [9.17, 15) is 4.79 Å². The van der Waals surface area contributed by atoms with Crippen LogP contribution >= 0.6 is 23.2 Å². The van der Waals surface area contributed by atoms with Crippen molar-refractivity contribution >= 4 is 29.1 Å². The van der Waals surface area contributed by atoms with Crippen molar-refractivity contribution in [1.82, 2.24) is 9.97 Å². The number of carbonyl (C=O) groups excluding carboxylic acids is 1. The number of carbonyl (C=O) groups is 1. The van der Waals surface area contributed by atoms with E-state index in [1.807, 2.05) is 6.92 Å². The molecule has 0 saturated carbocycles. The Balaban J connectivity index is 2.11. The summed E-state index contributed by atoms with van der Waals surface area (Å²) in [6, 6.07) is 0. The highest BCUT2D eigenvalue weighted by Gasteiger charge is 2.20. The van der Waals surface area contributed by atoms with Gasteiger partial charge < -0.3 is 5.73 Å². The van der Waals surface area contributed by atoms with Crippen molar-refractivity contribution in [2.24, 2.45) is 11.7 Å². The number of halogens is 2. The van der Waals surface area contributed by atoms with Crippen molar-refractivity contribution in [3.8, 4) is 0 Å². The molecule has 1 aliphatic rings. The Morgan fingerprint density at radius 3 is 2.76 bits per heavy atom. The smallest absolute Gasteiger partial charge is 0.224 e. The highest BCUT2D eigenvalue weighted by atomic mass is 35.5. The van der Waals surface area contributed by atoms with Crippen molar-refractivity contribution < 1.29 is 4.79 Å². The van der Waals surface area contributed by atoms with Gasteiger partial charge in [0.1, 0.15) is 0 Å². The molecule has 1 unspecified atom stereocenters. The second-order valence-electron chi connectivity index (χ2n) is 5.02. The number of allylic oxidation sites excluding steroid dienone is 3. The molecule has 1 aromatic rings. The first kappa shape index (κ1) is 16.0. The molecule has 0 aromatic carbocycles. The summed E-state index contributed by atoms with van der Waals surface area (Å²) in [5, 5.41) is 0.692. The number of hydrogen-bond acceptors (Lipinski definition) is 3. The molecule has 0 saturated heterocycles. The van der Waals surface area contributed by atoms with Gasteiger partial charge in [-0.1, -0.05) is 23.8 Å². The van der Waals surface area contributed by atoms with Gasteiger partial charge in [0.2, 0.25) is 11.2 Å². The monoisotopic (exact) mass is 325 g/mol. The number of aryl methyl sites for hydroxylation is 1. The van der Waals surface area contributed by atoms with Gasteiger partial charge in [-0.05, 0) is 55.4 Å². The lowest BCUT2D eigenvalue weighted by atomic mass is 9.85. The normalized spacial score (nSPS) is 16.1. The number of nitrogens with two attached hydrogens (primary N) is 1. The second kappa shape index (κ2) is 7.05. The van der Waals surface area contributed by atoms with Crippen LogP contribution < -0.4 is 5.73 Å². The van der Waals surface area contributed by atoms with Crippen LogP contribution in [-0.4, -0.2) is 15.9 Å². The van der Waals surface area contributed by atoms with Gasteiger partial charge in [0.25, 0.3) is 0 Å². The van der Waals surface area contributed by atoms with Gasteiger partial charge in [0, 0.05) is 0 Å². The van der Waals surface area contributed by atoms with Gasteiger partial charge >= 0.3 is 0 Å². The van der Waals surface area contributed by atoms with Crippen LogP contribution in [0.2, 0.25) is 10.3 Å². The lowest BCUT2D eigenvalue weighted by Crippen LogP contribution is -2.23. The Morgan fingerprint density at radius 2 is 2.05 bits per heavy atom. The third kappa shape index (κ3) is 4.05. The van der Waals surface area contributed by atoms with E-state index >= 15 is 0 Å². The number of amides is 1. The average molecular weight is 326 g/mol. The van der Waals surface area contributed by atoms with Gasteiger partial charge in [-0.3, -0.25) is 4.79 Å². The van der Waals surface area contributed by atoms with Crippen molar-refractivity contribution in [1.29, 1.82) is 0 Å². The molecule has 4 nitrogen and oxygen atoms in total. The summed E-state index contributed by atoms with van der Waals surface area (Å²) in [5.74, 6) is -0.585. The highest BCUT2D eigenvalue weighted by Crippen LogP contribution is 2.29. The summed E-state index contributed by atoms with van der Waals surface area (Å²) in [6.45, 7) is 1.84. The largest absolute Gasteiger partial charge is 0.369 e. The van der Waals surface area contributed by atoms with Crippen LogP contribution in [-0.2, 0) is 11.2 Å². The number of hydrogen-bond donors (Lipinski definition) is 1. The molecule has 2 N–H and O–H groups in total. The molecule has 2 rings (SSSR count). The van der Waals surface area contributed by atoms with Crippen LogP contribution in [0.15, 0.2) is 29.5 Å². The van der Waals surface area contributed by atoms with Gasteiger partial charge in [-0.2, -0.15) is 0 Å². The maximum absolute atomic E-state index is 11.4. The molecule has 1 aliphatic carbocycles. The molecule has 0 radical (unpaired) electrons. The van der Waals surface area contributed by atoms with E-state index in [2.05, 4.69) is 22.1 Å². The lowest BCUT2D eigenvalue weighted by molar-refractivity contribution is -0.120. The second-order valence-corrected chi connectivity index (χ2v) is 5.77. The summed E-state index contributed by atoms with van der Waals surface area (Å²) in [6.07, 6.45) is 9.07. The van der Waals surface area contributed by atoms with Crippen molar-refractivity contribution in [2.75, 3.05) is 0 Å². The van der Waals surface area contributed by atoms with E-state index in [0.717, 1.165) is 30.4 Å². The van der Waals surface area contributed by atoms with E-state index < -0.39 is 0 Å². The molecule has 6 heteroatoms. The standard InChI is InChI=1S/C15H17Cl2N3O/c1-9(14(18)21)11-5-3-2-4-10(11)6-7-13-12(16)8-19-15(17)20-13/h4-5,8-9H,2-3,6-7H2,1H3,(H2,18,21). The first-order chi connectivity index (χ1) is 9.99. The van der Waals surface area contributed by atoms with Crippen molar-refractivity contribution in [3.05, 3.63) is 45.5 Å². The van der Waals surface area contributed by atoms with Crippen LogP contribution in [0.4, 0.5) is 0 Å². The van der Waals surface area contributed by atoms with Crippen LogP contribution in [0, 0.1) is 5.92 Å². The zero-order valence-corrected chi connectivity index (χ0v) is 13.3. The molecule has 21 heavy (non-hydrogen) atoms. The molecule has 0 aliphatic heterocycles. The zero-order valence-electron chi connectivity index (χ0n) is 11.8. The Labute approximate surface area is 134 Å². The number of nitrogens with zero attached hydrogens (tertiary/aromatic N) is 2. The number of primary amides is 1. The summed E-state index contributed by atoms with van der Waals surface area (Å²) >= 11 is 11.9. The Kier molecular flexibility index (Phi) is 5.37. The fourth-order valence-electron chi connectivity index (χ4n) is 2.41. The van der Waals surface area contributed by atoms with Gasteiger partial charge in [-0.15, -0.1) is 0 Å². The molecular formula is C15H17Cl2N3O. The lowest BCUT2D eigenvalue weighted by Gasteiger charge is -2.20. The van der Waals surface area contributed by atoms with Gasteiger partial charge in [-0.25, -0.2) is 9.97 Å². The van der Waals surface area contributed by atoms with Crippen LogP contribution in [0.1, 0.15) is 31.9 Å². The molecule has 1 amide bonds. The van der Waals surface area contributed by atoms with E-state index in [0.29, 0.717) is 17.1 Å². The minimum atomic E-state index is -0.308. The molecule has 1 atom stereocenters. The number of rotatable bonds is 5. The number of aromatic nitrogens is 2. The molecule has 0 fully saturated rings. The maximum atomic E-state index is 11.4. The quantitative estimate of drug-likeness (QED) is 0.842. The summed E-state index contributed by atoms with van der Waals surface area (Å²) < 4.78 is 0. The van der Waals surface area contributed by atoms with E-state index in [1.165, 1.54) is 6.20 Å². The average Bonchev–Trinajstić information content (AvgIpc) is 2.47. The zero-order chi connectivity index (χ0) is 15.4. The first-order valence-electron chi connectivity index (χ1n) is 6.84. The van der Waals surface area contributed by atoms with Crippen LogP contribution in [0.5, 0.6) is 0 Å². The Morgan fingerprint density at radius 1 is 1.33 bits per heavy atom. The fraction of sp³-hybridized carbons (Fsp3) is 0.400. The van der Waals surface area contributed by atoms with Crippen LogP contribution in [0.3, 0.4) is 0 Å². The molecule has 1 aromatic heterocycles. The molecule has 0 bridgehead atoms. The minimum Gasteiger partial charge on any atom is -0.369 e. The Bertz CT molecular complexity index is 611. The third-order valence-electron chi connectivity index (χ3n) is 3.60. The van der Waals surface area contributed by atoms with E-state index in [4.69, 9.17) is 28.9 Å². The van der Waals surface area contributed by atoms with Gasteiger partial charge in [0.05, 0.1) is 22.8 Å². The molecule has 112 valence electrons. The highest BCUT2D eigenvalue weighted by molar-refractivity contribution is 6.31. The molecular weight excluding hydrogens is 309 g/mol. The maximum Gasteiger partial charge on any atom is 0.224 e. The SMILES string of the molecule is CC(C(N)=O)C1=CCCC=C1CCc1nc(Cl)ncc1Cl. The van der Waals surface area contributed by atoms with Gasteiger partial charge in [0.15, 0.2) is 0 Å². The summed E-state index contributed by atoms with van der Waals surface area (Å²) in [5.41, 5.74) is 8.29. The van der Waals surface area contributed by atoms with Crippen molar-refractivity contribution in [2.45, 2.75) is 32.6 Å². The molecule has 0 spiro atoms. The predicted octanol–water partition coefficient (Wildman–Crippen LogP) is 3.48. The third-order valence-corrected chi connectivity index (χ3v) is 4.10. The summed E-state index contributed by atoms with van der Waals surface area (Å²) in [7, 11) is 0. The predicted molar refractivity (Wildman–Crippen MR) is 84.1 cm³/mol. The first-order valence-corrected chi connectivity index (χ1v) is 7.60. The van der Waals surface area contributed by atoms with E-state index in [-0.39, 0.29) is 17.1 Å². The van der Waals surface area contributed by atoms with Crippen molar-refractivity contribution in [3.63, 3.8) is 0 Å². The summed E-state index contributed by atoms with van der Waals surface area (Å²) in [4.78, 5) is 19.4. The Hall–Kier alpha value is -1.39. The molecule has 1 heterocycles. The minimum absolute atomic E-state index is 0.188. The van der Waals surface area contributed by atoms with E-state index in [1.54, 1.807) is 0 Å². The topological polar surface area (TPSA) is 68.9 Å². The fourth-order valence-corrected chi connectivity index (χ4v) is 2.74.